The van der Waals surface area contributed by atoms with Crippen LogP contribution in [0.1, 0.15) is 24.2 Å². The van der Waals surface area contributed by atoms with Gasteiger partial charge in [0.15, 0.2) is 0 Å². The molecule has 0 radical (unpaired) electrons. The Morgan fingerprint density at radius 3 is 2.30 bits per heavy atom. The first kappa shape index (κ1) is 17.3. The van der Waals surface area contributed by atoms with E-state index in [9.17, 15) is 9.46 Å². The summed E-state index contributed by atoms with van der Waals surface area (Å²) >= 11 is 0. The van der Waals surface area contributed by atoms with Crippen LogP contribution in [-0.4, -0.2) is 43.7 Å². The molecule has 0 heterocycles. The van der Waals surface area contributed by atoms with E-state index >= 15 is 0 Å². The smallest absolute Gasteiger partial charge is 0.329 e. The third-order valence-electron chi connectivity index (χ3n) is 2.85. The van der Waals surface area contributed by atoms with E-state index < -0.39 is 13.9 Å². The van der Waals surface area contributed by atoms with Crippen LogP contribution in [0.15, 0.2) is 24.3 Å². The fourth-order valence-corrected chi connectivity index (χ4v) is 2.45. The fraction of sp³-hybridized carbons (Fsp3) is 0.571. The van der Waals surface area contributed by atoms with Gasteiger partial charge in [-0.2, -0.15) is 0 Å². The number of aryl methyl sites for hydroxylation is 1. The second kappa shape index (κ2) is 6.83. The summed E-state index contributed by atoms with van der Waals surface area (Å²) in [5.41, 5.74) is 1.98. The van der Waals surface area contributed by atoms with Gasteiger partial charge in [0.25, 0.3) is 0 Å². The van der Waals surface area contributed by atoms with E-state index in [1.165, 1.54) is 0 Å². The lowest BCUT2D eigenvalue weighted by Gasteiger charge is -2.24. The van der Waals surface area contributed by atoms with Crippen LogP contribution in [0.25, 0.3) is 0 Å². The lowest BCUT2D eigenvalue weighted by atomic mass is 10.1. The quantitative estimate of drug-likeness (QED) is 0.621. The molecule has 5 nitrogen and oxygen atoms in total. The predicted octanol–water partition coefficient (Wildman–Crippen LogP) is 2.90. The highest BCUT2D eigenvalue weighted by atomic mass is 31.2. The maximum atomic E-state index is 11.9. The molecule has 2 atom stereocenters. The zero-order valence-corrected chi connectivity index (χ0v) is 13.8. The number of hydrogen-bond acceptors (Lipinski definition) is 3. The van der Waals surface area contributed by atoms with Gasteiger partial charge in [-0.05, 0) is 19.4 Å². The van der Waals surface area contributed by atoms with Crippen LogP contribution in [0, 0.1) is 6.92 Å². The molecule has 0 fully saturated rings. The van der Waals surface area contributed by atoms with Crippen molar-refractivity contribution in [1.29, 1.82) is 0 Å². The van der Waals surface area contributed by atoms with Gasteiger partial charge in [0.1, 0.15) is 13.2 Å². The monoisotopic (exact) mass is 302 g/mol. The van der Waals surface area contributed by atoms with Gasteiger partial charge in [-0.3, -0.25) is 9.05 Å². The van der Waals surface area contributed by atoms with Crippen molar-refractivity contribution >= 4 is 7.82 Å². The third-order valence-corrected chi connectivity index (χ3v) is 3.95. The van der Waals surface area contributed by atoms with E-state index in [4.69, 9.17) is 9.05 Å². The number of phosphoric ester groups is 1. The normalized spacial score (nSPS) is 16.7. The molecule has 0 aliphatic carbocycles. The zero-order chi connectivity index (χ0) is 15.4. The van der Waals surface area contributed by atoms with Gasteiger partial charge in [0.2, 0.25) is 0 Å². The highest BCUT2D eigenvalue weighted by Gasteiger charge is 2.26. The van der Waals surface area contributed by atoms with Gasteiger partial charge in [0.05, 0.1) is 27.2 Å². The third kappa shape index (κ3) is 6.64. The Morgan fingerprint density at radius 1 is 1.25 bits per heavy atom. The Balaban J connectivity index is 2.53. The molecular weight excluding hydrogens is 277 g/mol. The molecule has 0 aliphatic rings. The second-order valence-corrected chi connectivity index (χ2v) is 7.38. The van der Waals surface area contributed by atoms with Gasteiger partial charge < -0.3 is 9.38 Å². The first-order valence-electron chi connectivity index (χ1n) is 6.62. The minimum absolute atomic E-state index is 0.178. The van der Waals surface area contributed by atoms with E-state index in [0.717, 1.165) is 11.1 Å². The summed E-state index contributed by atoms with van der Waals surface area (Å²) in [6, 6.07) is 7.64. The van der Waals surface area contributed by atoms with Gasteiger partial charge in [-0.25, -0.2) is 4.57 Å². The lowest BCUT2D eigenvalue weighted by Crippen LogP contribution is -2.37. The standard InChI is InChI=1S/C14H24NO4P/c1-12-6-8-14(9-7-12)13(2)19-20(16,17)18-11-10-15(3,4)5/h6-9,13H,10-11H2,1-5H3/p+1. The van der Waals surface area contributed by atoms with Crippen molar-refractivity contribution in [2.45, 2.75) is 20.0 Å². The van der Waals surface area contributed by atoms with Crippen molar-refractivity contribution in [3.05, 3.63) is 35.4 Å². The predicted molar refractivity (Wildman–Crippen MR) is 79.4 cm³/mol. The van der Waals surface area contributed by atoms with Gasteiger partial charge >= 0.3 is 7.82 Å². The van der Waals surface area contributed by atoms with E-state index in [1.807, 2.05) is 52.3 Å². The number of hydrogen-bond donors (Lipinski definition) is 1. The second-order valence-electron chi connectivity index (χ2n) is 5.97. The molecular formula is C14H25NO4P+. The van der Waals surface area contributed by atoms with E-state index in [1.54, 1.807) is 6.92 Å². The van der Waals surface area contributed by atoms with Crippen LogP contribution >= 0.6 is 7.82 Å². The van der Waals surface area contributed by atoms with E-state index in [-0.39, 0.29) is 6.61 Å². The zero-order valence-electron chi connectivity index (χ0n) is 12.9. The average Bonchev–Trinajstić information content (AvgIpc) is 2.26. The number of nitrogens with zero attached hydrogens (tertiary/aromatic N) is 1. The maximum absolute atomic E-state index is 11.9. The number of quaternary nitrogens is 1. The molecule has 20 heavy (non-hydrogen) atoms. The molecule has 1 rings (SSSR count). The molecule has 6 heteroatoms. The molecule has 0 aliphatic heterocycles. The Labute approximate surface area is 121 Å². The van der Waals surface area contributed by atoms with Crippen LogP contribution in [0.3, 0.4) is 0 Å². The minimum Gasteiger partial charge on any atom is -0.329 e. The van der Waals surface area contributed by atoms with Crippen LogP contribution < -0.4 is 0 Å². The Hall–Kier alpha value is -0.710. The van der Waals surface area contributed by atoms with Gasteiger partial charge in [-0.1, -0.05) is 29.8 Å². The van der Waals surface area contributed by atoms with E-state index in [2.05, 4.69) is 0 Å². The lowest BCUT2D eigenvalue weighted by molar-refractivity contribution is -0.870. The molecule has 2 unspecified atom stereocenters. The minimum atomic E-state index is -4.02. The van der Waals surface area contributed by atoms with Gasteiger partial charge in [-0.15, -0.1) is 0 Å². The maximum Gasteiger partial charge on any atom is 0.472 e. The molecule has 1 N–H and O–H groups in total. The SMILES string of the molecule is Cc1ccc(C(C)OP(=O)(O)OCC[N+](C)(C)C)cc1. The summed E-state index contributed by atoms with van der Waals surface area (Å²) in [5, 5.41) is 0. The van der Waals surface area contributed by atoms with Crippen molar-refractivity contribution in [2.75, 3.05) is 34.3 Å². The number of phosphoric acid groups is 1. The number of likely N-dealkylation sites (N-methyl/N-ethyl adjacent to an activating group) is 1. The van der Waals surface area contributed by atoms with Crippen molar-refractivity contribution in [3.8, 4) is 0 Å². The summed E-state index contributed by atoms with van der Waals surface area (Å²) < 4.78 is 22.7. The summed E-state index contributed by atoms with van der Waals surface area (Å²) in [7, 11) is 1.94. The van der Waals surface area contributed by atoms with Crippen LogP contribution in [0.4, 0.5) is 0 Å². The highest BCUT2D eigenvalue weighted by Crippen LogP contribution is 2.47. The molecule has 0 saturated carbocycles. The van der Waals surface area contributed by atoms with Crippen LogP contribution in [0.2, 0.25) is 0 Å². The van der Waals surface area contributed by atoms with Crippen LogP contribution in [-0.2, 0) is 13.6 Å². The highest BCUT2D eigenvalue weighted by molar-refractivity contribution is 7.47. The van der Waals surface area contributed by atoms with Gasteiger partial charge in [0, 0.05) is 0 Å². The topological polar surface area (TPSA) is 55.8 Å². The molecule has 0 aromatic heterocycles. The Kier molecular flexibility index (Phi) is 5.92. The summed E-state index contributed by atoms with van der Waals surface area (Å²) in [4.78, 5) is 9.70. The fourth-order valence-electron chi connectivity index (χ4n) is 1.56. The first-order valence-corrected chi connectivity index (χ1v) is 8.11. The summed E-state index contributed by atoms with van der Waals surface area (Å²) in [6.07, 6.45) is -0.490. The molecule has 1 aromatic rings. The molecule has 1 aromatic carbocycles. The Morgan fingerprint density at radius 2 is 1.80 bits per heavy atom. The summed E-state index contributed by atoms with van der Waals surface area (Å²) in [6.45, 7) is 4.53. The Bertz CT molecular complexity index is 467. The van der Waals surface area contributed by atoms with E-state index in [0.29, 0.717) is 11.0 Å². The molecule has 0 amide bonds. The molecule has 114 valence electrons. The molecule has 0 bridgehead atoms. The van der Waals surface area contributed by atoms with Crippen molar-refractivity contribution in [2.24, 2.45) is 0 Å². The van der Waals surface area contributed by atoms with Crippen molar-refractivity contribution in [1.82, 2.24) is 0 Å². The number of benzene rings is 1. The number of rotatable bonds is 7. The molecule has 0 spiro atoms. The average molecular weight is 302 g/mol. The van der Waals surface area contributed by atoms with Crippen molar-refractivity contribution < 1.29 is 23.0 Å². The van der Waals surface area contributed by atoms with Crippen molar-refractivity contribution in [3.63, 3.8) is 0 Å². The largest absolute Gasteiger partial charge is 0.472 e. The molecule has 0 saturated heterocycles. The summed E-state index contributed by atoms with van der Waals surface area (Å²) in [5.74, 6) is 0. The van der Waals surface area contributed by atoms with Crippen LogP contribution in [0.5, 0.6) is 0 Å². The first-order chi connectivity index (χ1) is 9.09.